The Labute approximate surface area is 118 Å². The van der Waals surface area contributed by atoms with E-state index in [4.69, 9.17) is 0 Å². The van der Waals surface area contributed by atoms with Crippen LogP contribution in [0.1, 0.15) is 15.9 Å². The molecule has 3 nitrogen and oxygen atoms in total. The van der Waals surface area contributed by atoms with E-state index >= 15 is 0 Å². The van der Waals surface area contributed by atoms with Gasteiger partial charge in [-0.1, -0.05) is 55.1 Å². The molecule has 20 heavy (non-hydrogen) atoms. The van der Waals surface area contributed by atoms with E-state index in [-0.39, 0.29) is 4.90 Å². The molecule has 0 heterocycles. The fraction of sp³-hybridized carbons (Fsp3) is 0.0625. The van der Waals surface area contributed by atoms with Crippen molar-refractivity contribution < 1.29 is 13.2 Å². The van der Waals surface area contributed by atoms with E-state index in [0.29, 0.717) is 5.56 Å². The molecule has 0 unspecified atom stereocenters. The molecular formula is C16H14O3S. The Bertz CT molecular complexity index is 714. The Morgan fingerprint density at radius 1 is 1.00 bits per heavy atom. The molecule has 0 radical (unpaired) electrons. The minimum Gasteiger partial charge on any atom is -0.293 e. The third-order valence-electron chi connectivity index (χ3n) is 2.89. The Hall–Kier alpha value is -2.20. The second-order valence-corrected chi connectivity index (χ2v) is 6.31. The molecule has 0 spiro atoms. The SMILES string of the molecule is C=Cc1ccc(S(=O)(=O)CC(=O)c2ccccc2)cc1. The van der Waals surface area contributed by atoms with Gasteiger partial charge in [0.1, 0.15) is 5.75 Å². The zero-order valence-electron chi connectivity index (χ0n) is 10.8. The largest absolute Gasteiger partial charge is 0.293 e. The van der Waals surface area contributed by atoms with Gasteiger partial charge in [0.25, 0.3) is 0 Å². The number of hydrogen-bond donors (Lipinski definition) is 0. The van der Waals surface area contributed by atoms with Gasteiger partial charge in [0.15, 0.2) is 15.6 Å². The molecular weight excluding hydrogens is 272 g/mol. The Kier molecular flexibility index (Phi) is 4.15. The van der Waals surface area contributed by atoms with Crippen LogP contribution < -0.4 is 0 Å². The fourth-order valence-electron chi connectivity index (χ4n) is 1.77. The lowest BCUT2D eigenvalue weighted by molar-refractivity contribution is 0.102. The standard InChI is InChI=1S/C16H14O3S/c1-2-13-8-10-15(11-9-13)20(18,19)12-16(17)14-6-4-3-5-7-14/h2-11H,1,12H2. The predicted octanol–water partition coefficient (Wildman–Crippen LogP) is 2.99. The van der Waals surface area contributed by atoms with Crippen LogP contribution in [0.3, 0.4) is 0 Å². The monoisotopic (exact) mass is 286 g/mol. The molecule has 0 aliphatic rings. The van der Waals surface area contributed by atoms with Crippen LogP contribution in [0.15, 0.2) is 66.1 Å². The molecule has 2 rings (SSSR count). The molecule has 0 saturated carbocycles. The molecule has 0 N–H and O–H groups in total. The van der Waals surface area contributed by atoms with Crippen molar-refractivity contribution in [2.75, 3.05) is 5.75 Å². The molecule has 0 saturated heterocycles. The number of sulfone groups is 1. The molecule has 0 bridgehead atoms. The van der Waals surface area contributed by atoms with Gasteiger partial charge < -0.3 is 0 Å². The molecule has 2 aromatic rings. The molecule has 2 aromatic carbocycles. The highest BCUT2D eigenvalue weighted by Gasteiger charge is 2.20. The summed E-state index contributed by atoms with van der Waals surface area (Å²) in [6, 6.07) is 14.7. The number of carbonyl (C=O) groups is 1. The zero-order chi connectivity index (χ0) is 14.6. The third kappa shape index (κ3) is 3.22. The van der Waals surface area contributed by atoms with Gasteiger partial charge in [0, 0.05) is 5.56 Å². The summed E-state index contributed by atoms with van der Waals surface area (Å²) in [5.74, 6) is -0.928. The fourth-order valence-corrected chi connectivity index (χ4v) is 3.00. The molecule has 0 amide bonds. The van der Waals surface area contributed by atoms with Crippen molar-refractivity contribution in [1.29, 1.82) is 0 Å². The first kappa shape index (κ1) is 14.2. The van der Waals surface area contributed by atoms with Crippen molar-refractivity contribution in [2.45, 2.75) is 4.90 Å². The summed E-state index contributed by atoms with van der Waals surface area (Å²) in [6.45, 7) is 3.61. The minimum absolute atomic E-state index is 0.146. The average Bonchev–Trinajstić information content (AvgIpc) is 2.48. The van der Waals surface area contributed by atoms with Crippen LogP contribution in [0.5, 0.6) is 0 Å². The van der Waals surface area contributed by atoms with E-state index < -0.39 is 21.4 Å². The molecule has 0 aliphatic heterocycles. The van der Waals surface area contributed by atoms with Crippen LogP contribution in [0, 0.1) is 0 Å². The van der Waals surface area contributed by atoms with E-state index in [2.05, 4.69) is 6.58 Å². The quantitative estimate of drug-likeness (QED) is 0.794. The van der Waals surface area contributed by atoms with E-state index in [9.17, 15) is 13.2 Å². The Morgan fingerprint density at radius 2 is 1.60 bits per heavy atom. The lowest BCUT2D eigenvalue weighted by atomic mass is 10.2. The molecule has 0 atom stereocenters. The second-order valence-electron chi connectivity index (χ2n) is 4.32. The van der Waals surface area contributed by atoms with Crippen LogP contribution in [0.4, 0.5) is 0 Å². The summed E-state index contributed by atoms with van der Waals surface area (Å²) in [5, 5.41) is 0. The van der Waals surface area contributed by atoms with Gasteiger partial charge in [-0.2, -0.15) is 0 Å². The number of ketones is 1. The van der Waals surface area contributed by atoms with E-state index in [1.807, 2.05) is 0 Å². The highest BCUT2D eigenvalue weighted by atomic mass is 32.2. The first-order valence-corrected chi connectivity index (χ1v) is 7.72. The number of hydrogen-bond acceptors (Lipinski definition) is 3. The molecule has 4 heteroatoms. The highest BCUT2D eigenvalue weighted by Crippen LogP contribution is 2.14. The number of rotatable bonds is 5. The van der Waals surface area contributed by atoms with Crippen LogP contribution in [-0.4, -0.2) is 20.0 Å². The maximum Gasteiger partial charge on any atom is 0.185 e. The topological polar surface area (TPSA) is 51.2 Å². The normalized spacial score (nSPS) is 11.0. The van der Waals surface area contributed by atoms with Crippen molar-refractivity contribution in [1.82, 2.24) is 0 Å². The van der Waals surface area contributed by atoms with E-state index in [0.717, 1.165) is 5.56 Å². The number of Topliss-reactive ketones (excluding diaryl/α,β-unsaturated/α-hetero) is 1. The molecule has 0 aromatic heterocycles. The molecule has 0 aliphatic carbocycles. The lowest BCUT2D eigenvalue weighted by Gasteiger charge is -2.04. The van der Waals surface area contributed by atoms with Gasteiger partial charge in [-0.3, -0.25) is 4.79 Å². The lowest BCUT2D eigenvalue weighted by Crippen LogP contribution is -2.16. The van der Waals surface area contributed by atoms with Crippen molar-refractivity contribution in [3.8, 4) is 0 Å². The van der Waals surface area contributed by atoms with Crippen LogP contribution in [0.2, 0.25) is 0 Å². The van der Waals surface area contributed by atoms with Crippen LogP contribution in [-0.2, 0) is 9.84 Å². The predicted molar refractivity (Wildman–Crippen MR) is 79.4 cm³/mol. The Balaban J connectivity index is 2.22. The average molecular weight is 286 g/mol. The summed E-state index contributed by atoms with van der Waals surface area (Å²) in [6.07, 6.45) is 1.63. The third-order valence-corrected chi connectivity index (χ3v) is 4.52. The Morgan fingerprint density at radius 3 is 2.15 bits per heavy atom. The van der Waals surface area contributed by atoms with Gasteiger partial charge >= 0.3 is 0 Å². The number of carbonyl (C=O) groups excluding carboxylic acids is 1. The molecule has 102 valence electrons. The van der Waals surface area contributed by atoms with Crippen molar-refractivity contribution in [2.24, 2.45) is 0 Å². The number of benzene rings is 2. The van der Waals surface area contributed by atoms with Crippen LogP contribution in [0.25, 0.3) is 6.08 Å². The summed E-state index contributed by atoms with van der Waals surface area (Å²) in [4.78, 5) is 12.1. The zero-order valence-corrected chi connectivity index (χ0v) is 11.6. The minimum atomic E-state index is -3.62. The first-order chi connectivity index (χ1) is 9.53. The van der Waals surface area contributed by atoms with E-state index in [1.54, 1.807) is 48.5 Å². The van der Waals surface area contributed by atoms with Gasteiger partial charge in [0.05, 0.1) is 4.90 Å². The second kappa shape index (κ2) is 5.84. The van der Waals surface area contributed by atoms with Gasteiger partial charge in [-0.05, 0) is 17.7 Å². The first-order valence-electron chi connectivity index (χ1n) is 6.06. The van der Waals surface area contributed by atoms with Gasteiger partial charge in [-0.15, -0.1) is 0 Å². The van der Waals surface area contributed by atoms with E-state index in [1.165, 1.54) is 12.1 Å². The smallest absolute Gasteiger partial charge is 0.185 e. The van der Waals surface area contributed by atoms with Gasteiger partial charge in [-0.25, -0.2) is 8.42 Å². The highest BCUT2D eigenvalue weighted by molar-refractivity contribution is 7.92. The van der Waals surface area contributed by atoms with Crippen molar-refractivity contribution >= 4 is 21.7 Å². The maximum absolute atomic E-state index is 12.2. The van der Waals surface area contributed by atoms with Crippen molar-refractivity contribution in [3.63, 3.8) is 0 Å². The van der Waals surface area contributed by atoms with Gasteiger partial charge in [0.2, 0.25) is 0 Å². The summed E-state index contributed by atoms with van der Waals surface area (Å²) < 4.78 is 24.3. The van der Waals surface area contributed by atoms with Crippen LogP contribution >= 0.6 is 0 Å². The maximum atomic E-state index is 12.2. The molecule has 0 fully saturated rings. The van der Waals surface area contributed by atoms with Crippen molar-refractivity contribution in [3.05, 3.63) is 72.3 Å². The summed E-state index contributed by atoms with van der Waals surface area (Å²) in [5.41, 5.74) is 1.23. The summed E-state index contributed by atoms with van der Waals surface area (Å²) >= 11 is 0. The summed E-state index contributed by atoms with van der Waals surface area (Å²) in [7, 11) is -3.62.